The van der Waals surface area contributed by atoms with Gasteiger partial charge in [0.1, 0.15) is 24.2 Å². The number of carbonyl (C=O) groups is 4. The van der Waals surface area contributed by atoms with Gasteiger partial charge in [0.05, 0.1) is 64.6 Å². The van der Waals surface area contributed by atoms with Crippen LogP contribution in [0.4, 0.5) is 15.9 Å². The number of likely N-dealkylation sites (tertiary alicyclic amines) is 2. The number of aryl methyl sites for hydroxylation is 1. The Labute approximate surface area is 476 Å². The van der Waals surface area contributed by atoms with E-state index >= 15 is 0 Å². The zero-order valence-corrected chi connectivity index (χ0v) is 47.7. The summed E-state index contributed by atoms with van der Waals surface area (Å²) in [6, 6.07) is 21.0. The fraction of sp³-hybridized carbons (Fsp3) is 0.500. The predicted octanol–water partition coefficient (Wildman–Crippen LogP) is 8.23. The third-order valence-electron chi connectivity index (χ3n) is 16.0. The van der Waals surface area contributed by atoms with E-state index in [4.69, 9.17) is 31.0 Å². The maximum Gasteiger partial charge on any atom is 0.318 e. The highest BCUT2D eigenvalue weighted by atomic mass is 35.5. The van der Waals surface area contributed by atoms with E-state index in [0.29, 0.717) is 50.1 Å². The van der Waals surface area contributed by atoms with Crippen LogP contribution in [0.15, 0.2) is 78.6 Å². The number of Topliss-reactive ketones (excluding diaryl/α,β-unsaturated/α-hetero) is 1. The molecule has 4 aliphatic rings. The number of hydrogen-bond acceptors (Lipinski definition) is 15. The van der Waals surface area contributed by atoms with Crippen molar-refractivity contribution in [2.45, 2.75) is 116 Å². The molecule has 5 aromatic rings. The molecule has 3 amide bonds. The Morgan fingerprint density at radius 3 is 2.51 bits per heavy atom. The zero-order chi connectivity index (χ0) is 56.7. The van der Waals surface area contributed by atoms with Crippen LogP contribution >= 0.6 is 22.9 Å². The van der Waals surface area contributed by atoms with Gasteiger partial charge in [-0.05, 0) is 73.2 Å². The summed E-state index contributed by atoms with van der Waals surface area (Å²) in [7, 11) is 0. The number of anilines is 2. The van der Waals surface area contributed by atoms with Crippen LogP contribution in [0.25, 0.3) is 21.2 Å². The smallest absolute Gasteiger partial charge is 0.318 e. The molecular weight excluding hydrogens is 1060 g/mol. The monoisotopic (exact) mass is 1130 g/mol. The minimum absolute atomic E-state index is 0.00323. The van der Waals surface area contributed by atoms with E-state index in [0.717, 1.165) is 81.8 Å². The number of nitriles is 1. The standard InChI is InChI=1S/C60H72ClFN10O7S/c1-38(62)57(76)71-27-26-70(33-43(71)19-22-63)55-47-20-25-69(51-14-7-11-41-10-6-13-49(61)53(41)51)35-50(47)66-59(67-55)79-36-44-12-8-23-68(44)24-9-28-78-29-21-45(73)30-48(60(3,4)5)58(77)72-34-46(74)31-52(72)56(75)64-32-40-15-17-42(18-16-40)54-39(2)65-37-80-54/h6-7,10-11,13-18,37,43-44,46,48,52,74H,1,8-9,12,19-21,23-36H2,2-5H3,(H,64,75)/t43-,44-,46+,48+,52-/m0/s1. The summed E-state index contributed by atoms with van der Waals surface area (Å²) in [5.74, 6) is -2.64. The molecule has 9 rings (SSSR count). The highest BCUT2D eigenvalue weighted by Gasteiger charge is 2.44. The molecule has 6 heterocycles. The maximum absolute atomic E-state index is 14.2. The molecule has 0 aliphatic carbocycles. The van der Waals surface area contributed by atoms with Gasteiger partial charge in [-0.2, -0.15) is 15.2 Å². The van der Waals surface area contributed by atoms with E-state index in [9.17, 15) is 33.9 Å². The van der Waals surface area contributed by atoms with Gasteiger partial charge in [0, 0.05) is 100 Å². The SMILES string of the molecule is C=C(F)C(=O)N1CCN(c2nc(OC[C@@H]3CCCN3CCCOCCC(=O)C[C@H](C(=O)N3C[C@H](O)C[C@H]3C(=O)NCc3ccc(-c4scnc4C)cc3)C(C)(C)C)nc3c2CCN(c2cccc4cccc(Cl)c24)C3)C[C@@H]1CC#N. The van der Waals surface area contributed by atoms with Crippen molar-refractivity contribution in [2.24, 2.45) is 11.3 Å². The molecule has 80 heavy (non-hydrogen) atoms. The highest BCUT2D eigenvalue weighted by molar-refractivity contribution is 7.13. The summed E-state index contributed by atoms with van der Waals surface area (Å²) < 4.78 is 26.6. The van der Waals surface area contributed by atoms with Crippen LogP contribution in [0.1, 0.15) is 88.2 Å². The van der Waals surface area contributed by atoms with E-state index in [2.05, 4.69) is 43.7 Å². The van der Waals surface area contributed by atoms with Gasteiger partial charge in [0.2, 0.25) is 11.8 Å². The van der Waals surface area contributed by atoms with Gasteiger partial charge in [0.25, 0.3) is 5.91 Å². The van der Waals surface area contributed by atoms with Crippen LogP contribution in [0.2, 0.25) is 5.02 Å². The number of aliphatic hydroxyl groups excluding tert-OH is 1. The van der Waals surface area contributed by atoms with Crippen LogP contribution in [0, 0.1) is 29.6 Å². The Hall–Kier alpha value is -6.56. The first kappa shape index (κ1) is 58.1. The molecule has 3 fully saturated rings. The summed E-state index contributed by atoms with van der Waals surface area (Å²) in [6.07, 6.45) is 2.70. The number of carbonyl (C=O) groups excluding carboxylic acids is 4. The Bertz CT molecular complexity index is 3110. The number of rotatable bonds is 21. The first-order valence-corrected chi connectivity index (χ1v) is 29.0. The van der Waals surface area contributed by atoms with Gasteiger partial charge >= 0.3 is 6.01 Å². The number of nitrogens with zero attached hydrogens (tertiary/aromatic N) is 9. The zero-order valence-electron chi connectivity index (χ0n) is 46.2. The molecule has 0 unspecified atom stereocenters. The molecule has 2 aromatic heterocycles. The molecule has 0 spiro atoms. The predicted molar refractivity (Wildman–Crippen MR) is 307 cm³/mol. The number of β-amino-alcohol motifs (C(OH)–C–C–N with tert-alkyl or cyclic N) is 1. The average Bonchev–Trinajstić information content (AvgIpc) is 4.28. The van der Waals surface area contributed by atoms with Crippen molar-refractivity contribution in [1.82, 2.24) is 35.0 Å². The number of aliphatic hydroxyl groups is 1. The number of thiazole rings is 1. The minimum Gasteiger partial charge on any atom is -0.462 e. The molecule has 3 saturated heterocycles. The molecule has 4 aliphatic heterocycles. The lowest BCUT2D eigenvalue weighted by Gasteiger charge is -2.42. The molecule has 3 aromatic carbocycles. The van der Waals surface area contributed by atoms with Crippen LogP contribution < -0.4 is 19.9 Å². The number of nitrogens with one attached hydrogen (secondary N) is 1. The number of ketones is 1. The molecule has 5 atom stereocenters. The van der Waals surface area contributed by atoms with Crippen molar-refractivity contribution < 1.29 is 38.1 Å². The number of ether oxygens (including phenoxy) is 2. The van der Waals surface area contributed by atoms with Gasteiger partial charge in [-0.3, -0.25) is 24.1 Å². The van der Waals surface area contributed by atoms with Crippen molar-refractivity contribution in [3.63, 3.8) is 0 Å². The largest absolute Gasteiger partial charge is 0.462 e. The summed E-state index contributed by atoms with van der Waals surface area (Å²) in [6.45, 7) is 15.9. The van der Waals surface area contributed by atoms with Crippen molar-refractivity contribution in [2.75, 3.05) is 75.4 Å². The van der Waals surface area contributed by atoms with Crippen molar-refractivity contribution >= 4 is 68.7 Å². The Kier molecular flexibility index (Phi) is 18.8. The average molecular weight is 1130 g/mol. The minimum atomic E-state index is -1.06. The summed E-state index contributed by atoms with van der Waals surface area (Å²) >= 11 is 8.37. The van der Waals surface area contributed by atoms with Crippen LogP contribution in [0.3, 0.4) is 0 Å². The fourth-order valence-electron chi connectivity index (χ4n) is 11.7. The number of halogens is 2. The molecule has 0 bridgehead atoms. The molecule has 0 radical (unpaired) electrons. The first-order chi connectivity index (χ1) is 38.5. The number of piperazine rings is 1. The maximum atomic E-state index is 14.2. The Balaban J connectivity index is 0.772. The number of fused-ring (bicyclic) bond motifs is 2. The quantitative estimate of drug-likeness (QED) is 0.0526. The van der Waals surface area contributed by atoms with Gasteiger partial charge in [-0.1, -0.05) is 87.5 Å². The number of hydrogen-bond donors (Lipinski definition) is 2. The Morgan fingerprint density at radius 2 is 1.77 bits per heavy atom. The van der Waals surface area contributed by atoms with Crippen LogP contribution in [-0.2, 0) is 43.4 Å². The molecule has 17 nitrogen and oxygen atoms in total. The van der Waals surface area contributed by atoms with Crippen LogP contribution in [0.5, 0.6) is 6.01 Å². The van der Waals surface area contributed by atoms with Crippen molar-refractivity contribution in [3.8, 4) is 22.5 Å². The molecule has 424 valence electrons. The van der Waals surface area contributed by atoms with Crippen molar-refractivity contribution in [3.05, 3.63) is 106 Å². The lowest BCUT2D eigenvalue weighted by Crippen LogP contribution is -2.55. The topological polar surface area (TPSA) is 198 Å². The third-order valence-corrected chi connectivity index (χ3v) is 17.3. The third kappa shape index (κ3) is 13.6. The second-order valence-electron chi connectivity index (χ2n) is 22.5. The first-order valence-electron chi connectivity index (χ1n) is 27.8. The lowest BCUT2D eigenvalue weighted by atomic mass is 9.76. The number of aromatic nitrogens is 3. The molecule has 0 saturated carbocycles. The molecular formula is C60H72ClFN10O7S. The normalized spacial score (nSPS) is 19.9. The second kappa shape index (κ2) is 25.9. The molecule has 20 heteroatoms. The van der Waals surface area contributed by atoms with E-state index in [1.165, 1.54) is 9.80 Å². The second-order valence-corrected chi connectivity index (χ2v) is 23.8. The molecule has 2 N–H and O–H groups in total. The summed E-state index contributed by atoms with van der Waals surface area (Å²) in [5.41, 5.74) is 6.92. The van der Waals surface area contributed by atoms with Gasteiger partial charge < -0.3 is 39.5 Å². The van der Waals surface area contributed by atoms with E-state index < -0.39 is 41.3 Å². The number of amides is 3. The Morgan fingerprint density at radius 1 is 0.988 bits per heavy atom. The van der Waals surface area contributed by atoms with Crippen LogP contribution in [-0.4, -0.2) is 148 Å². The van der Waals surface area contributed by atoms with E-state index in [1.807, 2.05) is 87.8 Å². The fourth-order valence-corrected chi connectivity index (χ4v) is 12.8. The van der Waals surface area contributed by atoms with Gasteiger partial charge in [-0.25, -0.2) is 9.37 Å². The van der Waals surface area contributed by atoms with Gasteiger partial charge in [-0.15, -0.1) is 11.3 Å². The lowest BCUT2D eigenvalue weighted by molar-refractivity contribution is -0.146. The highest BCUT2D eigenvalue weighted by Crippen LogP contribution is 2.39. The summed E-state index contributed by atoms with van der Waals surface area (Å²) in [4.78, 5) is 79.2. The van der Waals surface area contributed by atoms with Gasteiger partial charge in [0.15, 0.2) is 5.83 Å². The van der Waals surface area contributed by atoms with Crippen molar-refractivity contribution in [1.29, 1.82) is 5.26 Å². The summed E-state index contributed by atoms with van der Waals surface area (Å²) in [5, 5.41) is 26.1. The number of benzene rings is 3. The van der Waals surface area contributed by atoms with E-state index in [-0.39, 0.29) is 88.1 Å². The van der Waals surface area contributed by atoms with E-state index in [1.54, 1.807) is 11.3 Å².